The summed E-state index contributed by atoms with van der Waals surface area (Å²) in [6, 6.07) is 7.66. The zero-order valence-electron chi connectivity index (χ0n) is 13.8. The lowest BCUT2D eigenvalue weighted by molar-refractivity contribution is -0.126. The van der Waals surface area contributed by atoms with E-state index in [1.165, 1.54) is 0 Å². The normalized spacial score (nSPS) is 14.4. The molecule has 0 bridgehead atoms. The minimum Gasteiger partial charge on any atom is -0.497 e. The summed E-state index contributed by atoms with van der Waals surface area (Å²) in [6.45, 7) is 8.70. The van der Waals surface area contributed by atoms with Crippen LogP contribution >= 0.6 is 0 Å². The Labute approximate surface area is 128 Å². The van der Waals surface area contributed by atoms with Crippen LogP contribution < -0.4 is 15.8 Å². The molecular weight excluding hydrogens is 264 g/mol. The van der Waals surface area contributed by atoms with Crippen molar-refractivity contribution in [1.29, 1.82) is 0 Å². The number of ether oxygens (including phenoxy) is 1. The van der Waals surface area contributed by atoms with E-state index in [1.54, 1.807) is 7.11 Å². The average Bonchev–Trinajstić information content (AvgIpc) is 2.43. The van der Waals surface area contributed by atoms with Gasteiger partial charge in [-0.15, -0.1) is 0 Å². The number of rotatable bonds is 6. The van der Waals surface area contributed by atoms with Crippen LogP contribution in [-0.4, -0.2) is 19.6 Å². The van der Waals surface area contributed by atoms with E-state index in [-0.39, 0.29) is 23.3 Å². The summed E-state index contributed by atoms with van der Waals surface area (Å²) in [5, 5.41) is 3.05. The summed E-state index contributed by atoms with van der Waals surface area (Å²) < 4.78 is 5.21. The lowest BCUT2D eigenvalue weighted by atomic mass is 9.84. The van der Waals surface area contributed by atoms with Crippen LogP contribution in [0.1, 0.15) is 45.7 Å². The van der Waals surface area contributed by atoms with Crippen LogP contribution in [0.2, 0.25) is 0 Å². The van der Waals surface area contributed by atoms with Gasteiger partial charge in [0.2, 0.25) is 5.91 Å². The summed E-state index contributed by atoms with van der Waals surface area (Å²) in [4.78, 5) is 12.4. The van der Waals surface area contributed by atoms with Gasteiger partial charge in [0.15, 0.2) is 0 Å². The second-order valence-corrected chi connectivity index (χ2v) is 6.70. The van der Waals surface area contributed by atoms with Crippen molar-refractivity contribution in [3.05, 3.63) is 29.8 Å². The summed E-state index contributed by atoms with van der Waals surface area (Å²) in [5.74, 6) is 0.652. The molecule has 0 aromatic heterocycles. The first-order valence-corrected chi connectivity index (χ1v) is 7.41. The predicted molar refractivity (Wildman–Crippen MR) is 86.2 cm³/mol. The third-order valence-corrected chi connectivity index (χ3v) is 3.47. The highest BCUT2D eigenvalue weighted by molar-refractivity contribution is 5.79. The molecule has 2 atom stereocenters. The summed E-state index contributed by atoms with van der Waals surface area (Å²) >= 11 is 0. The van der Waals surface area contributed by atoms with E-state index < -0.39 is 0 Å². The fourth-order valence-electron chi connectivity index (χ4n) is 2.35. The van der Waals surface area contributed by atoms with Crippen molar-refractivity contribution < 1.29 is 9.53 Å². The van der Waals surface area contributed by atoms with Crippen LogP contribution in [0.15, 0.2) is 24.3 Å². The van der Waals surface area contributed by atoms with Crippen molar-refractivity contribution in [2.75, 3.05) is 13.7 Å². The second kappa shape index (κ2) is 7.46. The van der Waals surface area contributed by atoms with E-state index in [2.05, 4.69) is 26.1 Å². The van der Waals surface area contributed by atoms with E-state index in [4.69, 9.17) is 10.5 Å². The van der Waals surface area contributed by atoms with Crippen LogP contribution in [0.4, 0.5) is 0 Å². The Hall–Kier alpha value is -1.55. The molecule has 1 rings (SSSR count). The van der Waals surface area contributed by atoms with Gasteiger partial charge >= 0.3 is 0 Å². The van der Waals surface area contributed by atoms with Gasteiger partial charge in [-0.2, -0.15) is 0 Å². The number of benzene rings is 1. The Balaban J connectivity index is 2.71. The van der Waals surface area contributed by atoms with Crippen molar-refractivity contribution in [2.24, 2.45) is 17.1 Å². The molecule has 0 aliphatic carbocycles. The van der Waals surface area contributed by atoms with Crippen molar-refractivity contribution in [3.8, 4) is 5.75 Å². The summed E-state index contributed by atoms with van der Waals surface area (Å²) in [6.07, 6.45) is 0.778. The number of carbonyl (C=O) groups excluding carboxylic acids is 1. The van der Waals surface area contributed by atoms with Crippen molar-refractivity contribution in [2.45, 2.75) is 40.2 Å². The highest BCUT2D eigenvalue weighted by atomic mass is 16.5. The molecule has 4 heteroatoms. The number of amides is 1. The Bertz CT molecular complexity index is 466. The van der Waals surface area contributed by atoms with Gasteiger partial charge in [0.05, 0.1) is 19.1 Å². The molecular formula is C17H28N2O2. The first-order chi connectivity index (χ1) is 9.76. The predicted octanol–water partition coefficient (Wildman–Crippen LogP) is 2.88. The Morgan fingerprint density at radius 3 is 2.57 bits per heavy atom. The number of nitrogens with one attached hydrogen (secondary N) is 1. The molecule has 0 spiro atoms. The number of hydrogen-bond acceptors (Lipinski definition) is 3. The minimum absolute atomic E-state index is 0.0164. The van der Waals surface area contributed by atoms with Crippen LogP contribution in [0.3, 0.4) is 0 Å². The molecule has 0 aliphatic rings. The molecule has 3 N–H and O–H groups in total. The molecule has 0 saturated carbocycles. The van der Waals surface area contributed by atoms with Crippen LogP contribution in [0, 0.1) is 11.3 Å². The maximum atomic E-state index is 12.4. The van der Waals surface area contributed by atoms with Gasteiger partial charge in [-0.1, -0.05) is 32.9 Å². The third kappa shape index (κ3) is 5.76. The molecule has 4 nitrogen and oxygen atoms in total. The van der Waals surface area contributed by atoms with Crippen molar-refractivity contribution >= 4 is 5.91 Å². The smallest absolute Gasteiger partial charge is 0.224 e. The van der Waals surface area contributed by atoms with Crippen LogP contribution in [0.25, 0.3) is 0 Å². The molecule has 0 fully saturated rings. The van der Waals surface area contributed by atoms with Crippen LogP contribution in [0.5, 0.6) is 5.75 Å². The number of hydrogen-bond donors (Lipinski definition) is 2. The molecule has 0 heterocycles. The summed E-state index contributed by atoms with van der Waals surface area (Å²) in [5.41, 5.74) is 6.87. The van der Waals surface area contributed by atoms with E-state index in [0.717, 1.165) is 17.7 Å². The molecule has 0 saturated heterocycles. The van der Waals surface area contributed by atoms with Gasteiger partial charge in [0, 0.05) is 6.54 Å². The number of nitrogens with two attached hydrogens (primary N) is 1. The SMILES string of the molecule is COc1cccc([C@@H](C)NC(=O)C(CN)CC(C)(C)C)c1. The number of carbonyl (C=O) groups is 1. The largest absolute Gasteiger partial charge is 0.497 e. The molecule has 21 heavy (non-hydrogen) atoms. The molecule has 1 aromatic rings. The first kappa shape index (κ1) is 17.5. The van der Waals surface area contributed by atoms with Gasteiger partial charge in [0.25, 0.3) is 0 Å². The van der Waals surface area contributed by atoms with Gasteiger partial charge in [0.1, 0.15) is 5.75 Å². The standard InChI is InChI=1S/C17H28N2O2/c1-12(13-7-6-8-15(9-13)21-5)19-16(20)14(11-18)10-17(2,3)4/h6-9,12,14H,10-11,18H2,1-5H3,(H,19,20)/t12-,14?/m1/s1. The highest BCUT2D eigenvalue weighted by Gasteiger charge is 2.24. The Morgan fingerprint density at radius 2 is 2.05 bits per heavy atom. The van der Waals surface area contributed by atoms with Crippen molar-refractivity contribution in [1.82, 2.24) is 5.32 Å². The summed E-state index contributed by atoms with van der Waals surface area (Å²) in [7, 11) is 1.64. The maximum absolute atomic E-state index is 12.4. The fraction of sp³-hybridized carbons (Fsp3) is 0.588. The quantitative estimate of drug-likeness (QED) is 0.847. The molecule has 1 aromatic carbocycles. The van der Waals surface area contributed by atoms with Gasteiger partial charge in [-0.25, -0.2) is 0 Å². The van der Waals surface area contributed by atoms with E-state index in [0.29, 0.717) is 6.54 Å². The third-order valence-electron chi connectivity index (χ3n) is 3.47. The zero-order valence-corrected chi connectivity index (χ0v) is 13.8. The van der Waals surface area contributed by atoms with Crippen molar-refractivity contribution in [3.63, 3.8) is 0 Å². The fourth-order valence-corrected chi connectivity index (χ4v) is 2.35. The second-order valence-electron chi connectivity index (χ2n) is 6.70. The Morgan fingerprint density at radius 1 is 1.38 bits per heavy atom. The minimum atomic E-state index is -0.155. The lowest BCUT2D eigenvalue weighted by Gasteiger charge is -2.26. The molecule has 0 aliphatic heterocycles. The topological polar surface area (TPSA) is 64.3 Å². The van der Waals surface area contributed by atoms with Crippen LogP contribution in [-0.2, 0) is 4.79 Å². The van der Waals surface area contributed by atoms with E-state index >= 15 is 0 Å². The Kier molecular flexibility index (Phi) is 6.21. The zero-order chi connectivity index (χ0) is 16.0. The molecule has 118 valence electrons. The van der Waals surface area contributed by atoms with E-state index in [9.17, 15) is 4.79 Å². The number of methoxy groups -OCH3 is 1. The molecule has 1 unspecified atom stereocenters. The first-order valence-electron chi connectivity index (χ1n) is 7.41. The molecule has 0 radical (unpaired) electrons. The molecule has 1 amide bonds. The van der Waals surface area contributed by atoms with E-state index in [1.807, 2.05) is 31.2 Å². The van der Waals surface area contributed by atoms with Gasteiger partial charge in [-0.3, -0.25) is 4.79 Å². The lowest BCUT2D eigenvalue weighted by Crippen LogP contribution is -2.38. The highest BCUT2D eigenvalue weighted by Crippen LogP contribution is 2.25. The van der Waals surface area contributed by atoms with Gasteiger partial charge < -0.3 is 15.8 Å². The monoisotopic (exact) mass is 292 g/mol. The van der Waals surface area contributed by atoms with Gasteiger partial charge in [-0.05, 0) is 36.5 Å². The maximum Gasteiger partial charge on any atom is 0.224 e. The average molecular weight is 292 g/mol.